The molecule has 9 nitrogen and oxygen atoms in total. The number of methoxy groups -OCH3 is 1. The van der Waals surface area contributed by atoms with E-state index in [4.69, 9.17) is 10.5 Å². The van der Waals surface area contributed by atoms with Crippen molar-refractivity contribution in [2.45, 2.75) is 31.8 Å². The largest absolute Gasteiger partial charge is 0.385 e. The minimum Gasteiger partial charge on any atom is -0.385 e. The average Bonchev–Trinajstić information content (AvgIpc) is 3.53. The van der Waals surface area contributed by atoms with E-state index in [9.17, 15) is 14.4 Å². The van der Waals surface area contributed by atoms with Crippen LogP contribution in [0.15, 0.2) is 57.4 Å². The van der Waals surface area contributed by atoms with E-state index in [1.54, 1.807) is 18.4 Å². The van der Waals surface area contributed by atoms with E-state index in [1.165, 1.54) is 14.3 Å². The first-order valence-corrected chi connectivity index (χ1v) is 12.6. The van der Waals surface area contributed by atoms with Crippen LogP contribution < -0.4 is 21.9 Å². The quantitative estimate of drug-likeness (QED) is 0.416. The summed E-state index contributed by atoms with van der Waals surface area (Å²) in [5.41, 5.74) is 5.98. The highest BCUT2D eigenvalue weighted by molar-refractivity contribution is 7.10. The summed E-state index contributed by atoms with van der Waals surface area (Å²) in [6, 6.07) is 13.6. The SMILES string of the molecule is COCCCN(C(=O)CN1CCC[C@H]1c1cccs1)c1c(N)n(Cc2ccccc2)c(=O)[nH]c1=O. The van der Waals surface area contributed by atoms with E-state index < -0.39 is 11.2 Å². The van der Waals surface area contributed by atoms with E-state index >= 15 is 0 Å². The number of nitrogens with one attached hydrogen (secondary N) is 1. The van der Waals surface area contributed by atoms with Gasteiger partial charge in [-0.15, -0.1) is 11.3 Å². The molecule has 0 aliphatic carbocycles. The molecule has 0 saturated carbocycles. The molecule has 0 spiro atoms. The summed E-state index contributed by atoms with van der Waals surface area (Å²) in [5.74, 6) is -0.253. The molecule has 1 amide bonds. The predicted octanol–water partition coefficient (Wildman–Crippen LogP) is 2.44. The lowest BCUT2D eigenvalue weighted by atomic mass is 10.2. The van der Waals surface area contributed by atoms with Crippen molar-refractivity contribution >= 4 is 28.7 Å². The normalized spacial score (nSPS) is 16.0. The van der Waals surface area contributed by atoms with Crippen LogP contribution in [0.1, 0.15) is 35.7 Å². The molecule has 3 heterocycles. The van der Waals surface area contributed by atoms with Gasteiger partial charge in [0.15, 0.2) is 5.69 Å². The first-order chi connectivity index (χ1) is 17.0. The lowest BCUT2D eigenvalue weighted by Crippen LogP contribution is -2.45. The van der Waals surface area contributed by atoms with Gasteiger partial charge in [-0.3, -0.25) is 24.0 Å². The standard InChI is InChI=1S/C25H31N5O4S/c1-34-14-7-13-29(21(31)17-28-12-5-10-19(28)20-11-6-15-35-20)22-23(26)30(25(33)27-24(22)32)16-18-8-3-2-4-9-18/h2-4,6,8-9,11,15,19H,5,7,10,12-14,16-17,26H2,1H3,(H,27,32,33)/t19-/m0/s1. The maximum absolute atomic E-state index is 13.6. The summed E-state index contributed by atoms with van der Waals surface area (Å²) >= 11 is 1.69. The lowest BCUT2D eigenvalue weighted by molar-refractivity contribution is -0.120. The van der Waals surface area contributed by atoms with Crippen LogP contribution in [-0.2, 0) is 16.1 Å². The number of rotatable bonds is 10. The van der Waals surface area contributed by atoms with E-state index in [-0.39, 0.29) is 43.1 Å². The maximum atomic E-state index is 13.6. The number of aromatic amines is 1. The number of ether oxygens (including phenoxy) is 1. The van der Waals surface area contributed by atoms with Crippen LogP contribution in [-0.4, -0.2) is 53.7 Å². The highest BCUT2D eigenvalue weighted by atomic mass is 32.1. The number of likely N-dealkylation sites (tertiary alicyclic amines) is 1. The highest BCUT2D eigenvalue weighted by Crippen LogP contribution is 2.34. The molecule has 3 N–H and O–H groups in total. The van der Waals surface area contributed by atoms with E-state index in [2.05, 4.69) is 16.0 Å². The van der Waals surface area contributed by atoms with Gasteiger partial charge in [-0.25, -0.2) is 4.79 Å². The second kappa shape index (κ2) is 11.5. The number of hydrogen-bond donors (Lipinski definition) is 2. The van der Waals surface area contributed by atoms with Crippen molar-refractivity contribution in [1.29, 1.82) is 0 Å². The van der Waals surface area contributed by atoms with E-state index in [1.807, 2.05) is 41.8 Å². The maximum Gasteiger partial charge on any atom is 0.330 e. The number of nitrogen functional groups attached to an aromatic ring is 1. The molecule has 35 heavy (non-hydrogen) atoms. The zero-order valence-corrected chi connectivity index (χ0v) is 20.6. The molecule has 2 aromatic heterocycles. The summed E-state index contributed by atoms with van der Waals surface area (Å²) in [4.78, 5) is 46.3. The number of aromatic nitrogens is 2. The molecule has 10 heteroatoms. The number of nitrogens with two attached hydrogens (primary N) is 1. The van der Waals surface area contributed by atoms with Crippen LogP contribution in [0.5, 0.6) is 0 Å². The molecule has 1 aliphatic rings. The Morgan fingerprint density at radius 1 is 1.23 bits per heavy atom. The molecule has 1 aliphatic heterocycles. The molecule has 1 atom stereocenters. The Morgan fingerprint density at radius 3 is 2.74 bits per heavy atom. The summed E-state index contributed by atoms with van der Waals surface area (Å²) in [7, 11) is 1.59. The molecule has 0 bridgehead atoms. The fraction of sp³-hybridized carbons (Fsp3) is 0.400. The van der Waals surface area contributed by atoms with Crippen LogP contribution in [0.2, 0.25) is 0 Å². The van der Waals surface area contributed by atoms with E-state index in [0.717, 1.165) is 24.9 Å². The third-order valence-corrected chi connectivity index (χ3v) is 7.25. The van der Waals surface area contributed by atoms with Crippen LogP contribution in [0.3, 0.4) is 0 Å². The summed E-state index contributed by atoms with van der Waals surface area (Å²) < 4.78 is 6.47. The Kier molecular flexibility index (Phi) is 8.17. The Balaban J connectivity index is 1.65. The molecular formula is C25H31N5O4S. The van der Waals surface area contributed by atoms with Gasteiger partial charge in [-0.2, -0.15) is 0 Å². The number of carbonyl (C=O) groups excluding carboxylic acids is 1. The second-order valence-electron chi connectivity index (χ2n) is 8.60. The fourth-order valence-electron chi connectivity index (χ4n) is 4.57. The number of nitrogens with zero attached hydrogens (tertiary/aromatic N) is 3. The zero-order valence-electron chi connectivity index (χ0n) is 19.8. The van der Waals surface area contributed by atoms with Gasteiger partial charge in [0, 0.05) is 31.2 Å². The molecule has 1 fully saturated rings. The number of amides is 1. The van der Waals surface area contributed by atoms with Gasteiger partial charge >= 0.3 is 5.69 Å². The Morgan fingerprint density at radius 2 is 2.03 bits per heavy atom. The Bertz CT molecular complexity index is 1240. The monoisotopic (exact) mass is 497 g/mol. The van der Waals surface area contributed by atoms with Gasteiger partial charge in [0.1, 0.15) is 5.82 Å². The number of benzene rings is 1. The zero-order chi connectivity index (χ0) is 24.8. The average molecular weight is 498 g/mol. The molecule has 1 aromatic carbocycles. The third kappa shape index (κ3) is 5.72. The number of H-pyrrole nitrogens is 1. The van der Waals surface area contributed by atoms with Crippen molar-refractivity contribution in [3.05, 3.63) is 79.1 Å². The van der Waals surface area contributed by atoms with E-state index in [0.29, 0.717) is 13.0 Å². The van der Waals surface area contributed by atoms with Crippen LogP contribution in [0.25, 0.3) is 0 Å². The van der Waals surface area contributed by atoms with Crippen LogP contribution in [0, 0.1) is 0 Å². The van der Waals surface area contributed by atoms with Crippen molar-refractivity contribution in [3.8, 4) is 0 Å². The molecule has 186 valence electrons. The van der Waals surface area contributed by atoms with Crippen molar-refractivity contribution in [2.75, 3.05) is 44.0 Å². The van der Waals surface area contributed by atoms with Gasteiger partial charge in [0.2, 0.25) is 5.91 Å². The molecule has 3 aromatic rings. The first-order valence-electron chi connectivity index (χ1n) is 11.7. The highest BCUT2D eigenvalue weighted by Gasteiger charge is 2.31. The van der Waals surface area contributed by atoms with Gasteiger partial charge < -0.3 is 15.4 Å². The van der Waals surface area contributed by atoms with Crippen molar-refractivity contribution in [2.24, 2.45) is 0 Å². The number of anilines is 2. The topological polar surface area (TPSA) is 114 Å². The first kappa shape index (κ1) is 24.9. The minimum absolute atomic E-state index is 0.00787. The van der Waals surface area contributed by atoms with Gasteiger partial charge in [0.05, 0.1) is 13.1 Å². The minimum atomic E-state index is -0.668. The Labute approximate surface area is 207 Å². The molecule has 0 radical (unpaired) electrons. The summed E-state index contributed by atoms with van der Waals surface area (Å²) in [5, 5.41) is 2.04. The summed E-state index contributed by atoms with van der Waals surface area (Å²) in [6.07, 6.45) is 2.51. The van der Waals surface area contributed by atoms with Crippen molar-refractivity contribution in [3.63, 3.8) is 0 Å². The van der Waals surface area contributed by atoms with Crippen molar-refractivity contribution < 1.29 is 9.53 Å². The smallest absolute Gasteiger partial charge is 0.330 e. The predicted molar refractivity (Wildman–Crippen MR) is 138 cm³/mol. The van der Waals surface area contributed by atoms with Gasteiger partial charge in [-0.1, -0.05) is 36.4 Å². The Hall–Kier alpha value is -3.21. The molecular weight excluding hydrogens is 466 g/mol. The molecule has 4 rings (SSSR count). The number of hydrogen-bond acceptors (Lipinski definition) is 7. The molecule has 1 saturated heterocycles. The second-order valence-corrected chi connectivity index (χ2v) is 9.58. The fourth-order valence-corrected chi connectivity index (χ4v) is 5.46. The van der Waals surface area contributed by atoms with Gasteiger partial charge in [0.25, 0.3) is 5.56 Å². The van der Waals surface area contributed by atoms with Crippen LogP contribution in [0.4, 0.5) is 11.5 Å². The summed E-state index contributed by atoms with van der Waals surface area (Å²) in [6.45, 7) is 1.82. The number of carbonyl (C=O) groups is 1. The lowest BCUT2D eigenvalue weighted by Gasteiger charge is -2.29. The number of thiophene rings is 1. The molecule has 0 unspecified atom stereocenters. The van der Waals surface area contributed by atoms with Gasteiger partial charge in [-0.05, 0) is 42.8 Å². The van der Waals surface area contributed by atoms with Crippen molar-refractivity contribution in [1.82, 2.24) is 14.5 Å². The van der Waals surface area contributed by atoms with Crippen LogP contribution >= 0.6 is 11.3 Å². The third-order valence-electron chi connectivity index (χ3n) is 6.27.